The molecule has 2 N–H and O–H groups in total. The van der Waals surface area contributed by atoms with E-state index >= 15 is 0 Å². The summed E-state index contributed by atoms with van der Waals surface area (Å²) in [5.74, 6) is 7.97. The lowest BCUT2D eigenvalue weighted by Crippen LogP contribution is -2.37. The van der Waals surface area contributed by atoms with Crippen LogP contribution in [0, 0.1) is 11.8 Å². The number of hydrogen-bond donors (Lipinski definition) is 2. The number of nitrogens with one attached hydrogen (secondary N) is 2. The first-order chi connectivity index (χ1) is 22.2. The number of aromatic amines is 2. The van der Waals surface area contributed by atoms with Gasteiger partial charge in [0.2, 0.25) is 0 Å². The fraction of sp³-hybridized carbons (Fsp3) is 0.405. The van der Waals surface area contributed by atoms with Crippen LogP contribution < -0.4 is 0 Å². The molecule has 47 heavy (non-hydrogen) atoms. The Balaban J connectivity index is 1.14. The smallest absolute Gasteiger partial charge is 0.411 e. The number of rotatable bonds is 3. The van der Waals surface area contributed by atoms with E-state index in [-0.39, 0.29) is 24.3 Å². The van der Waals surface area contributed by atoms with E-state index in [0.717, 1.165) is 57.7 Å². The lowest BCUT2D eigenvalue weighted by atomic mass is 10.1. The van der Waals surface area contributed by atoms with E-state index in [1.165, 1.54) is 0 Å². The molecule has 4 aromatic rings. The third kappa shape index (κ3) is 7.35. The van der Waals surface area contributed by atoms with Crippen molar-refractivity contribution in [1.29, 1.82) is 0 Å². The van der Waals surface area contributed by atoms with Crippen LogP contribution in [0.1, 0.15) is 96.2 Å². The van der Waals surface area contributed by atoms with Gasteiger partial charge in [-0.15, -0.1) is 0 Å². The summed E-state index contributed by atoms with van der Waals surface area (Å²) in [6.07, 6.45) is 4.90. The minimum atomic E-state index is -0.575. The maximum absolute atomic E-state index is 12.9. The van der Waals surface area contributed by atoms with Crippen LogP contribution in [0.25, 0.3) is 22.3 Å². The molecule has 0 radical (unpaired) electrons. The number of ether oxygens (including phenoxy) is 2. The lowest BCUT2D eigenvalue weighted by molar-refractivity contribution is 0.0213. The summed E-state index contributed by atoms with van der Waals surface area (Å²) in [4.78, 5) is 45.3. The number of fused-ring (bicyclic) bond motifs is 1. The van der Waals surface area contributed by atoms with Gasteiger partial charge in [0.15, 0.2) is 0 Å². The Labute approximate surface area is 275 Å². The zero-order valence-electron chi connectivity index (χ0n) is 28.1. The van der Waals surface area contributed by atoms with Gasteiger partial charge < -0.3 is 19.4 Å². The van der Waals surface area contributed by atoms with E-state index in [4.69, 9.17) is 14.5 Å². The van der Waals surface area contributed by atoms with Crippen LogP contribution in [0.2, 0.25) is 0 Å². The standard InChI is InChI=1S/C37H42N6O4/c1-23-19-31(43(22-23)35(45)47-37(5,6)7)32-38-21-29(41-32)26-15-12-24(13-16-26)10-11-25-14-17-27-28(20-25)40-33(39-27)30-9-8-18-42(30)34(44)46-36(2,3)4/h12-17,19-21,30-31H,8-9,18,22H2,1-7H3,(H,38,41)(H,39,40). The highest BCUT2D eigenvalue weighted by molar-refractivity contribution is 5.77. The number of likely N-dealkylation sites (tertiary alicyclic amines) is 1. The Bertz CT molecular complexity index is 1890. The number of nitrogens with zero attached hydrogens (tertiary/aromatic N) is 4. The predicted molar refractivity (Wildman–Crippen MR) is 180 cm³/mol. The number of benzene rings is 2. The number of aromatic nitrogens is 4. The summed E-state index contributed by atoms with van der Waals surface area (Å²) in [7, 11) is 0. The van der Waals surface area contributed by atoms with Crippen molar-refractivity contribution in [2.75, 3.05) is 13.1 Å². The fourth-order valence-corrected chi connectivity index (χ4v) is 5.87. The Hall–Kier alpha value is -5.04. The van der Waals surface area contributed by atoms with Gasteiger partial charge in [-0.05, 0) is 97.2 Å². The normalized spacial score (nSPS) is 18.2. The van der Waals surface area contributed by atoms with Crippen LogP contribution in [0.5, 0.6) is 0 Å². The molecule has 0 saturated carbocycles. The molecular formula is C37H42N6O4. The maximum atomic E-state index is 12.9. The molecule has 10 heteroatoms. The lowest BCUT2D eigenvalue weighted by Gasteiger charge is -2.27. The van der Waals surface area contributed by atoms with Gasteiger partial charge in [0.05, 0.1) is 29.0 Å². The van der Waals surface area contributed by atoms with Crippen molar-refractivity contribution in [3.63, 3.8) is 0 Å². The molecule has 2 aromatic heterocycles. The van der Waals surface area contributed by atoms with Gasteiger partial charge in [-0.3, -0.25) is 9.80 Å². The number of imidazole rings is 2. The molecule has 0 bridgehead atoms. The second kappa shape index (κ2) is 12.3. The van der Waals surface area contributed by atoms with E-state index in [1.807, 2.05) is 97.0 Å². The van der Waals surface area contributed by atoms with Crippen molar-refractivity contribution < 1.29 is 19.1 Å². The molecule has 2 unspecified atom stereocenters. The molecule has 2 aliphatic heterocycles. The predicted octanol–water partition coefficient (Wildman–Crippen LogP) is 7.66. The second-order valence-electron chi connectivity index (χ2n) is 14.3. The number of H-pyrrole nitrogens is 2. The SMILES string of the molecule is CC1=CC(c2ncc(-c3ccc(C#Cc4ccc5nc(C6CCCN6C(=O)OC(C)(C)C)[nH]c5c4)cc3)[nH]2)N(C(=O)OC(C)(C)C)C1. The summed E-state index contributed by atoms with van der Waals surface area (Å²) in [5, 5.41) is 0. The Morgan fingerprint density at radius 2 is 1.53 bits per heavy atom. The highest BCUT2D eigenvalue weighted by Gasteiger charge is 2.35. The highest BCUT2D eigenvalue weighted by Crippen LogP contribution is 2.34. The molecular weight excluding hydrogens is 592 g/mol. The monoisotopic (exact) mass is 634 g/mol. The first-order valence-corrected chi connectivity index (χ1v) is 16.1. The average molecular weight is 635 g/mol. The number of amides is 2. The summed E-state index contributed by atoms with van der Waals surface area (Å²) >= 11 is 0. The van der Waals surface area contributed by atoms with E-state index in [2.05, 4.69) is 26.8 Å². The van der Waals surface area contributed by atoms with Crippen molar-refractivity contribution >= 4 is 23.2 Å². The Kier molecular flexibility index (Phi) is 8.35. The summed E-state index contributed by atoms with van der Waals surface area (Å²) in [6, 6.07) is 13.4. The van der Waals surface area contributed by atoms with Gasteiger partial charge >= 0.3 is 12.2 Å². The van der Waals surface area contributed by atoms with Gasteiger partial charge in [-0.1, -0.05) is 35.6 Å². The molecule has 6 rings (SSSR count). The Morgan fingerprint density at radius 3 is 2.23 bits per heavy atom. The molecule has 2 aromatic carbocycles. The molecule has 2 amide bonds. The van der Waals surface area contributed by atoms with E-state index < -0.39 is 11.2 Å². The van der Waals surface area contributed by atoms with Crippen LogP contribution in [0.3, 0.4) is 0 Å². The number of carbonyl (C=O) groups is 2. The molecule has 2 aliphatic rings. The summed E-state index contributed by atoms with van der Waals surface area (Å²) in [5.41, 5.74) is 5.25. The zero-order valence-corrected chi connectivity index (χ0v) is 28.1. The van der Waals surface area contributed by atoms with E-state index in [0.29, 0.717) is 18.9 Å². The number of hydrogen-bond acceptors (Lipinski definition) is 6. The van der Waals surface area contributed by atoms with Gasteiger partial charge in [-0.25, -0.2) is 19.6 Å². The maximum Gasteiger partial charge on any atom is 0.411 e. The second-order valence-corrected chi connectivity index (χ2v) is 14.3. The van der Waals surface area contributed by atoms with Crippen molar-refractivity contribution in [1.82, 2.24) is 29.7 Å². The van der Waals surface area contributed by atoms with Gasteiger partial charge in [0, 0.05) is 24.2 Å². The molecule has 1 saturated heterocycles. The third-order valence-electron chi connectivity index (χ3n) is 7.95. The van der Waals surface area contributed by atoms with Crippen LogP contribution in [0.15, 0.2) is 60.3 Å². The molecule has 0 aliphatic carbocycles. The van der Waals surface area contributed by atoms with Crippen molar-refractivity contribution in [3.8, 4) is 23.1 Å². The van der Waals surface area contributed by atoms with Gasteiger partial charge in [0.25, 0.3) is 0 Å². The highest BCUT2D eigenvalue weighted by atomic mass is 16.6. The molecule has 0 spiro atoms. The summed E-state index contributed by atoms with van der Waals surface area (Å²) < 4.78 is 11.3. The van der Waals surface area contributed by atoms with Crippen molar-refractivity contribution in [3.05, 3.63) is 83.1 Å². The number of carbonyl (C=O) groups excluding carboxylic acids is 2. The topological polar surface area (TPSA) is 116 Å². The largest absolute Gasteiger partial charge is 0.444 e. The molecule has 1 fully saturated rings. The Morgan fingerprint density at radius 1 is 0.872 bits per heavy atom. The first kappa shape index (κ1) is 31.9. The van der Waals surface area contributed by atoms with Gasteiger partial charge in [-0.2, -0.15) is 0 Å². The van der Waals surface area contributed by atoms with Crippen LogP contribution in [-0.4, -0.2) is 66.2 Å². The minimum Gasteiger partial charge on any atom is -0.444 e. The average Bonchev–Trinajstić information content (AvgIpc) is 3.79. The van der Waals surface area contributed by atoms with E-state index in [1.54, 1.807) is 16.0 Å². The molecule has 10 nitrogen and oxygen atoms in total. The van der Waals surface area contributed by atoms with Crippen molar-refractivity contribution in [2.24, 2.45) is 0 Å². The van der Waals surface area contributed by atoms with Crippen LogP contribution >= 0.6 is 0 Å². The van der Waals surface area contributed by atoms with Crippen LogP contribution in [-0.2, 0) is 9.47 Å². The van der Waals surface area contributed by atoms with Gasteiger partial charge in [0.1, 0.15) is 28.9 Å². The minimum absolute atomic E-state index is 0.140. The quantitative estimate of drug-likeness (QED) is 0.177. The van der Waals surface area contributed by atoms with Crippen molar-refractivity contribution in [2.45, 2.75) is 84.6 Å². The third-order valence-corrected chi connectivity index (χ3v) is 7.95. The summed E-state index contributed by atoms with van der Waals surface area (Å²) in [6.45, 7) is 14.4. The molecule has 4 heterocycles. The molecule has 2 atom stereocenters. The zero-order chi connectivity index (χ0) is 33.5. The van der Waals surface area contributed by atoms with E-state index in [9.17, 15) is 9.59 Å². The van der Waals surface area contributed by atoms with Crippen LogP contribution in [0.4, 0.5) is 9.59 Å². The fourth-order valence-electron chi connectivity index (χ4n) is 5.87. The molecule has 244 valence electrons. The first-order valence-electron chi connectivity index (χ1n) is 16.1.